The van der Waals surface area contributed by atoms with Gasteiger partial charge in [-0.05, 0) is 23.8 Å². The summed E-state index contributed by atoms with van der Waals surface area (Å²) in [6.45, 7) is 0.138. The summed E-state index contributed by atoms with van der Waals surface area (Å²) < 4.78 is 39.0. The smallest absolute Gasteiger partial charge is 0.261 e. The Balaban J connectivity index is 2.14. The minimum absolute atomic E-state index is 0.176. The third kappa shape index (κ3) is 2.77. The molecule has 0 aromatic heterocycles. The lowest BCUT2D eigenvalue weighted by Gasteiger charge is -2.16. The van der Waals surface area contributed by atoms with Gasteiger partial charge >= 0.3 is 0 Å². The summed E-state index contributed by atoms with van der Waals surface area (Å²) >= 11 is 0. The highest BCUT2D eigenvalue weighted by Crippen LogP contribution is 2.28. The summed E-state index contributed by atoms with van der Waals surface area (Å²) in [5.41, 5.74) is 0.798. The minimum atomic E-state index is -2.67. The molecule has 1 fully saturated rings. The number of rotatable bonds is 2. The van der Waals surface area contributed by atoms with Crippen LogP contribution >= 0.6 is 0 Å². The zero-order chi connectivity index (χ0) is 12.5. The molecule has 1 aromatic rings. The number of alkyl halides is 2. The fourth-order valence-electron chi connectivity index (χ4n) is 1.98. The van der Waals surface area contributed by atoms with E-state index in [0.29, 0.717) is 11.1 Å². The number of halogens is 3. The second kappa shape index (κ2) is 4.38. The lowest BCUT2D eigenvalue weighted by atomic mass is 10.1. The van der Waals surface area contributed by atoms with Crippen LogP contribution in [0.3, 0.4) is 0 Å². The van der Waals surface area contributed by atoms with Gasteiger partial charge in [-0.3, -0.25) is 4.90 Å². The van der Waals surface area contributed by atoms with Gasteiger partial charge in [0.15, 0.2) is 0 Å². The normalized spacial score (nSPS) is 19.2. The van der Waals surface area contributed by atoms with Crippen LogP contribution in [0.25, 0.3) is 0 Å². The maximum Gasteiger partial charge on any atom is 0.261 e. The fraction of sp³-hybridized carbons (Fsp3) is 0.417. The lowest BCUT2D eigenvalue weighted by molar-refractivity contribution is 0.0115. The van der Waals surface area contributed by atoms with Crippen LogP contribution in [0.5, 0.6) is 0 Å². The molecule has 1 aromatic carbocycles. The molecule has 0 N–H and O–H groups in total. The third-order valence-corrected chi connectivity index (χ3v) is 2.83. The molecule has 2 nitrogen and oxygen atoms in total. The number of nitriles is 1. The highest BCUT2D eigenvalue weighted by atomic mass is 19.3. The van der Waals surface area contributed by atoms with Crippen molar-refractivity contribution in [2.45, 2.75) is 18.9 Å². The van der Waals surface area contributed by atoms with Crippen LogP contribution in [-0.2, 0) is 6.54 Å². The summed E-state index contributed by atoms with van der Waals surface area (Å²) in [5.74, 6) is -3.12. The Hall–Kier alpha value is -1.54. The Bertz CT molecular complexity index is 465. The molecule has 17 heavy (non-hydrogen) atoms. The van der Waals surface area contributed by atoms with Crippen LogP contribution in [0.2, 0.25) is 0 Å². The topological polar surface area (TPSA) is 27.0 Å². The van der Waals surface area contributed by atoms with Gasteiger partial charge in [0.2, 0.25) is 0 Å². The Morgan fingerprint density at radius 1 is 1.41 bits per heavy atom. The van der Waals surface area contributed by atoms with Crippen molar-refractivity contribution >= 4 is 0 Å². The summed E-state index contributed by atoms with van der Waals surface area (Å²) in [6.07, 6.45) is -0.176. The quantitative estimate of drug-likeness (QED) is 0.794. The predicted octanol–water partition coefficient (Wildman–Crippen LogP) is 2.54. The molecule has 0 atom stereocenters. The molecule has 1 aliphatic rings. The van der Waals surface area contributed by atoms with E-state index >= 15 is 0 Å². The maximum absolute atomic E-state index is 13.0. The molecule has 1 saturated heterocycles. The largest absolute Gasteiger partial charge is 0.293 e. The molecule has 0 saturated carbocycles. The van der Waals surface area contributed by atoms with Crippen molar-refractivity contribution in [3.8, 4) is 6.07 Å². The van der Waals surface area contributed by atoms with Crippen LogP contribution in [-0.4, -0.2) is 23.9 Å². The molecule has 0 radical (unpaired) electrons. The first-order valence-corrected chi connectivity index (χ1v) is 5.29. The van der Waals surface area contributed by atoms with E-state index in [4.69, 9.17) is 5.26 Å². The Labute approximate surface area is 97.3 Å². The minimum Gasteiger partial charge on any atom is -0.293 e. The average molecular weight is 240 g/mol. The molecule has 1 aliphatic heterocycles. The van der Waals surface area contributed by atoms with Gasteiger partial charge in [-0.1, -0.05) is 0 Å². The van der Waals surface area contributed by atoms with Gasteiger partial charge in [-0.15, -0.1) is 0 Å². The van der Waals surface area contributed by atoms with E-state index in [1.165, 1.54) is 23.1 Å². The number of hydrogen-bond acceptors (Lipinski definition) is 2. The molecule has 90 valence electrons. The van der Waals surface area contributed by atoms with Crippen molar-refractivity contribution in [1.29, 1.82) is 5.26 Å². The number of nitrogens with zero attached hydrogens (tertiary/aromatic N) is 2. The standard InChI is InChI=1S/C12H11F3N2/c13-11-2-1-9(6-16)10(5-11)7-17-4-3-12(14,15)8-17/h1-2,5H,3-4,7-8H2. The van der Waals surface area contributed by atoms with Crippen LogP contribution in [0.1, 0.15) is 17.5 Å². The first-order chi connectivity index (χ1) is 8.00. The van der Waals surface area contributed by atoms with Crippen molar-refractivity contribution in [2.75, 3.05) is 13.1 Å². The summed E-state index contributed by atoms with van der Waals surface area (Å²) in [5, 5.41) is 8.85. The number of hydrogen-bond donors (Lipinski definition) is 0. The van der Waals surface area contributed by atoms with E-state index in [-0.39, 0.29) is 26.1 Å². The average Bonchev–Trinajstić information content (AvgIpc) is 2.58. The van der Waals surface area contributed by atoms with Gasteiger partial charge in [-0.25, -0.2) is 13.2 Å². The SMILES string of the molecule is N#Cc1ccc(F)cc1CN1CCC(F)(F)C1. The first kappa shape index (κ1) is 11.9. The van der Waals surface area contributed by atoms with Gasteiger partial charge in [0, 0.05) is 19.5 Å². The van der Waals surface area contributed by atoms with E-state index in [9.17, 15) is 13.2 Å². The van der Waals surface area contributed by atoms with Crippen molar-refractivity contribution in [1.82, 2.24) is 4.90 Å². The van der Waals surface area contributed by atoms with Crippen LogP contribution < -0.4 is 0 Å². The van der Waals surface area contributed by atoms with Gasteiger partial charge in [0.05, 0.1) is 18.2 Å². The molecule has 0 spiro atoms. The maximum atomic E-state index is 13.0. The summed E-state index contributed by atoms with van der Waals surface area (Å²) in [4.78, 5) is 1.54. The molecule has 0 amide bonds. The van der Waals surface area contributed by atoms with Gasteiger partial charge in [0.25, 0.3) is 5.92 Å². The molecular weight excluding hydrogens is 229 g/mol. The Morgan fingerprint density at radius 2 is 2.18 bits per heavy atom. The Kier molecular flexibility index (Phi) is 3.07. The third-order valence-electron chi connectivity index (χ3n) is 2.83. The molecule has 1 heterocycles. The highest BCUT2D eigenvalue weighted by molar-refractivity contribution is 5.37. The number of likely N-dealkylation sites (tertiary alicyclic amines) is 1. The van der Waals surface area contributed by atoms with E-state index in [1.807, 2.05) is 6.07 Å². The molecule has 5 heteroatoms. The zero-order valence-electron chi connectivity index (χ0n) is 9.09. The second-order valence-corrected chi connectivity index (χ2v) is 4.23. The van der Waals surface area contributed by atoms with Crippen molar-refractivity contribution < 1.29 is 13.2 Å². The molecule has 2 rings (SSSR count). The van der Waals surface area contributed by atoms with Crippen molar-refractivity contribution in [3.05, 3.63) is 35.1 Å². The molecule has 0 aliphatic carbocycles. The van der Waals surface area contributed by atoms with Crippen molar-refractivity contribution in [3.63, 3.8) is 0 Å². The summed E-state index contributed by atoms with van der Waals surface area (Å²) in [7, 11) is 0. The molecule has 0 bridgehead atoms. The van der Waals surface area contributed by atoms with Crippen molar-refractivity contribution in [2.24, 2.45) is 0 Å². The van der Waals surface area contributed by atoms with Crippen LogP contribution in [0.4, 0.5) is 13.2 Å². The molecule has 0 unspecified atom stereocenters. The van der Waals surface area contributed by atoms with Crippen LogP contribution in [0, 0.1) is 17.1 Å². The van der Waals surface area contributed by atoms with Gasteiger partial charge in [-0.2, -0.15) is 5.26 Å². The zero-order valence-corrected chi connectivity index (χ0v) is 9.09. The van der Waals surface area contributed by atoms with E-state index in [1.54, 1.807) is 0 Å². The van der Waals surface area contributed by atoms with Gasteiger partial charge in [0.1, 0.15) is 5.82 Å². The van der Waals surface area contributed by atoms with Gasteiger partial charge < -0.3 is 0 Å². The fourth-order valence-corrected chi connectivity index (χ4v) is 1.98. The van der Waals surface area contributed by atoms with Crippen LogP contribution in [0.15, 0.2) is 18.2 Å². The monoisotopic (exact) mass is 240 g/mol. The highest BCUT2D eigenvalue weighted by Gasteiger charge is 2.38. The Morgan fingerprint density at radius 3 is 2.76 bits per heavy atom. The second-order valence-electron chi connectivity index (χ2n) is 4.23. The number of benzene rings is 1. The van der Waals surface area contributed by atoms with E-state index < -0.39 is 11.7 Å². The van der Waals surface area contributed by atoms with E-state index in [0.717, 1.165) is 0 Å². The molecular formula is C12H11F3N2. The summed E-state index contributed by atoms with van der Waals surface area (Å²) in [6, 6.07) is 5.74. The predicted molar refractivity (Wildman–Crippen MR) is 56.0 cm³/mol. The lowest BCUT2D eigenvalue weighted by Crippen LogP contribution is -2.25. The first-order valence-electron chi connectivity index (χ1n) is 5.29. The van der Waals surface area contributed by atoms with E-state index in [2.05, 4.69) is 0 Å².